The highest BCUT2D eigenvalue weighted by atomic mass is 16.5. The molecule has 0 aromatic rings. The first-order chi connectivity index (χ1) is 6.16. The van der Waals surface area contributed by atoms with Crippen molar-refractivity contribution in [1.29, 1.82) is 0 Å². The predicted molar refractivity (Wildman–Crippen MR) is 52.4 cm³/mol. The summed E-state index contributed by atoms with van der Waals surface area (Å²) in [5.41, 5.74) is 5.51. The molecule has 1 atom stereocenters. The van der Waals surface area contributed by atoms with Crippen molar-refractivity contribution >= 4 is 5.97 Å². The highest BCUT2D eigenvalue weighted by molar-refractivity contribution is 5.69. The molecule has 4 nitrogen and oxygen atoms in total. The summed E-state index contributed by atoms with van der Waals surface area (Å²) in [7, 11) is 0. The third kappa shape index (κ3) is 9.30. The van der Waals surface area contributed by atoms with Gasteiger partial charge in [-0.2, -0.15) is 0 Å². The second kappa shape index (κ2) is 8.01. The normalized spacial score (nSPS) is 12.5. The first-order valence-corrected chi connectivity index (χ1v) is 4.78. The van der Waals surface area contributed by atoms with Gasteiger partial charge in [-0.15, -0.1) is 0 Å². The minimum atomic E-state index is -0.140. The Bertz CT molecular complexity index is 138. The Morgan fingerprint density at radius 2 is 2.31 bits per heavy atom. The third-order valence-corrected chi connectivity index (χ3v) is 1.44. The molecule has 78 valence electrons. The maximum Gasteiger partial charge on any atom is 0.307 e. The van der Waals surface area contributed by atoms with Crippen LogP contribution in [0.1, 0.15) is 26.7 Å². The topological polar surface area (TPSA) is 64.3 Å². The molecule has 4 heteroatoms. The average molecular weight is 188 g/mol. The number of hydrogen-bond acceptors (Lipinski definition) is 4. The summed E-state index contributed by atoms with van der Waals surface area (Å²) in [5.74, 6) is -0.140. The van der Waals surface area contributed by atoms with Crippen LogP contribution >= 0.6 is 0 Å². The molecule has 0 aliphatic heterocycles. The SMILES string of the molecule is CCCOC(=O)CCNCC(C)N. The lowest BCUT2D eigenvalue weighted by Gasteiger charge is -2.07. The van der Waals surface area contributed by atoms with Crippen LogP contribution in [-0.4, -0.2) is 31.7 Å². The van der Waals surface area contributed by atoms with Gasteiger partial charge in [-0.25, -0.2) is 0 Å². The Hall–Kier alpha value is -0.610. The van der Waals surface area contributed by atoms with Gasteiger partial charge in [0.25, 0.3) is 0 Å². The highest BCUT2D eigenvalue weighted by Crippen LogP contribution is 1.87. The molecule has 0 bridgehead atoms. The molecule has 0 aliphatic rings. The van der Waals surface area contributed by atoms with Gasteiger partial charge in [-0.3, -0.25) is 4.79 Å². The minimum Gasteiger partial charge on any atom is -0.466 e. The summed E-state index contributed by atoms with van der Waals surface area (Å²) in [6, 6.07) is 0.131. The van der Waals surface area contributed by atoms with Crippen molar-refractivity contribution in [2.45, 2.75) is 32.7 Å². The van der Waals surface area contributed by atoms with Gasteiger partial charge in [0.15, 0.2) is 0 Å². The fourth-order valence-electron chi connectivity index (χ4n) is 0.808. The Labute approximate surface area is 79.8 Å². The smallest absolute Gasteiger partial charge is 0.307 e. The van der Waals surface area contributed by atoms with E-state index in [0.29, 0.717) is 19.6 Å². The van der Waals surface area contributed by atoms with E-state index in [1.807, 2.05) is 13.8 Å². The molecular formula is C9H20N2O2. The highest BCUT2D eigenvalue weighted by Gasteiger charge is 2.01. The number of hydrogen-bond donors (Lipinski definition) is 2. The molecule has 0 aromatic heterocycles. The van der Waals surface area contributed by atoms with Crippen LogP contribution in [0.4, 0.5) is 0 Å². The fourth-order valence-corrected chi connectivity index (χ4v) is 0.808. The largest absolute Gasteiger partial charge is 0.466 e. The molecule has 13 heavy (non-hydrogen) atoms. The van der Waals surface area contributed by atoms with Crippen LogP contribution in [0.2, 0.25) is 0 Å². The maximum absolute atomic E-state index is 11.0. The van der Waals surface area contributed by atoms with E-state index in [1.54, 1.807) is 0 Å². The van der Waals surface area contributed by atoms with Crippen LogP contribution in [-0.2, 0) is 9.53 Å². The van der Waals surface area contributed by atoms with Gasteiger partial charge < -0.3 is 15.8 Å². The molecule has 0 aliphatic carbocycles. The number of carbonyl (C=O) groups is 1. The van der Waals surface area contributed by atoms with Gasteiger partial charge in [0.05, 0.1) is 13.0 Å². The molecule has 1 unspecified atom stereocenters. The first-order valence-electron chi connectivity index (χ1n) is 4.78. The lowest BCUT2D eigenvalue weighted by molar-refractivity contribution is -0.143. The van der Waals surface area contributed by atoms with E-state index in [-0.39, 0.29) is 12.0 Å². The lowest BCUT2D eigenvalue weighted by atomic mass is 10.3. The molecule has 0 spiro atoms. The molecule has 0 rings (SSSR count). The van der Waals surface area contributed by atoms with E-state index in [2.05, 4.69) is 5.32 Å². The predicted octanol–water partition coefficient (Wildman–Crippen LogP) is 0.267. The van der Waals surface area contributed by atoms with Crippen molar-refractivity contribution in [2.24, 2.45) is 5.73 Å². The van der Waals surface area contributed by atoms with Crippen LogP contribution < -0.4 is 11.1 Å². The number of esters is 1. The van der Waals surface area contributed by atoms with Crippen LogP contribution in [0, 0.1) is 0 Å². The quantitative estimate of drug-likeness (QED) is 0.444. The van der Waals surface area contributed by atoms with Crippen molar-refractivity contribution in [2.75, 3.05) is 19.7 Å². The number of rotatable bonds is 7. The Morgan fingerprint density at radius 1 is 1.62 bits per heavy atom. The van der Waals surface area contributed by atoms with E-state index in [9.17, 15) is 4.79 Å². The Kier molecular flexibility index (Phi) is 7.63. The van der Waals surface area contributed by atoms with E-state index in [4.69, 9.17) is 10.5 Å². The number of nitrogens with two attached hydrogens (primary N) is 1. The fraction of sp³-hybridized carbons (Fsp3) is 0.889. The summed E-state index contributed by atoms with van der Waals surface area (Å²) in [6.45, 7) is 5.79. The molecule has 0 fully saturated rings. The Balaban J connectivity index is 3.17. The zero-order valence-electron chi connectivity index (χ0n) is 8.51. The molecule has 0 saturated carbocycles. The van der Waals surface area contributed by atoms with Crippen LogP contribution in [0.25, 0.3) is 0 Å². The monoisotopic (exact) mass is 188 g/mol. The summed E-state index contributed by atoms with van der Waals surface area (Å²) in [5, 5.41) is 3.07. The van der Waals surface area contributed by atoms with Crippen LogP contribution in [0.3, 0.4) is 0 Å². The number of carbonyl (C=O) groups excluding carboxylic acids is 1. The van der Waals surface area contributed by atoms with E-state index in [1.165, 1.54) is 0 Å². The summed E-state index contributed by atoms with van der Waals surface area (Å²) < 4.78 is 4.89. The first kappa shape index (κ1) is 12.4. The number of ether oxygens (including phenoxy) is 1. The van der Waals surface area contributed by atoms with Gasteiger partial charge in [0, 0.05) is 19.1 Å². The second-order valence-corrected chi connectivity index (χ2v) is 3.15. The second-order valence-electron chi connectivity index (χ2n) is 3.15. The minimum absolute atomic E-state index is 0.131. The maximum atomic E-state index is 11.0. The Morgan fingerprint density at radius 3 is 2.85 bits per heavy atom. The van der Waals surface area contributed by atoms with Crippen molar-refractivity contribution in [3.63, 3.8) is 0 Å². The van der Waals surface area contributed by atoms with E-state index in [0.717, 1.165) is 13.0 Å². The molecule has 0 aromatic carbocycles. The third-order valence-electron chi connectivity index (χ3n) is 1.44. The van der Waals surface area contributed by atoms with E-state index >= 15 is 0 Å². The van der Waals surface area contributed by atoms with Gasteiger partial charge in [-0.1, -0.05) is 6.92 Å². The van der Waals surface area contributed by atoms with Crippen molar-refractivity contribution < 1.29 is 9.53 Å². The van der Waals surface area contributed by atoms with Crippen molar-refractivity contribution in [3.8, 4) is 0 Å². The van der Waals surface area contributed by atoms with Gasteiger partial charge in [0.2, 0.25) is 0 Å². The van der Waals surface area contributed by atoms with Gasteiger partial charge in [-0.05, 0) is 13.3 Å². The van der Waals surface area contributed by atoms with Crippen molar-refractivity contribution in [1.82, 2.24) is 5.32 Å². The van der Waals surface area contributed by atoms with E-state index < -0.39 is 0 Å². The number of nitrogens with one attached hydrogen (secondary N) is 1. The van der Waals surface area contributed by atoms with Crippen LogP contribution in [0.15, 0.2) is 0 Å². The lowest BCUT2D eigenvalue weighted by Crippen LogP contribution is -2.32. The van der Waals surface area contributed by atoms with Gasteiger partial charge >= 0.3 is 5.97 Å². The van der Waals surface area contributed by atoms with Crippen LogP contribution in [0.5, 0.6) is 0 Å². The molecule has 3 N–H and O–H groups in total. The summed E-state index contributed by atoms with van der Waals surface area (Å²) in [4.78, 5) is 11.0. The average Bonchev–Trinajstić information content (AvgIpc) is 2.08. The van der Waals surface area contributed by atoms with Gasteiger partial charge in [0.1, 0.15) is 0 Å². The molecule has 0 radical (unpaired) electrons. The van der Waals surface area contributed by atoms with Crippen molar-refractivity contribution in [3.05, 3.63) is 0 Å². The summed E-state index contributed by atoms with van der Waals surface area (Å²) in [6.07, 6.45) is 1.30. The molecule has 0 amide bonds. The zero-order chi connectivity index (χ0) is 10.1. The molecular weight excluding hydrogens is 168 g/mol. The molecule has 0 saturated heterocycles. The standard InChI is InChI=1S/C9H20N2O2/c1-3-6-13-9(12)4-5-11-7-8(2)10/h8,11H,3-7,10H2,1-2H3. The zero-order valence-corrected chi connectivity index (χ0v) is 8.51. The molecule has 0 heterocycles. The summed E-state index contributed by atoms with van der Waals surface area (Å²) >= 11 is 0.